The zero-order chi connectivity index (χ0) is 21.3. The molecule has 2 aromatic rings. The second-order valence-corrected chi connectivity index (χ2v) is 6.94. The van der Waals surface area contributed by atoms with Crippen LogP contribution in [0.5, 0.6) is 5.75 Å². The second-order valence-electron chi connectivity index (χ2n) is 6.53. The highest BCUT2D eigenvalue weighted by atomic mass is 32.1. The van der Waals surface area contributed by atoms with Gasteiger partial charge in [0.15, 0.2) is 5.11 Å². The Balaban J connectivity index is 1.49. The Labute approximate surface area is 180 Å². The third-order valence-corrected chi connectivity index (χ3v) is 4.67. The number of hydrogen-bond donors (Lipinski definition) is 2. The SMILES string of the molecule is COc1ccc(/C=C/C(=O)NC(=S)Nc2ccc(C(=O)N3CCOCC3)cc2)cc1. The summed E-state index contributed by atoms with van der Waals surface area (Å²) in [7, 11) is 1.60. The molecule has 8 heteroatoms. The van der Waals surface area contributed by atoms with E-state index in [0.717, 1.165) is 11.3 Å². The zero-order valence-electron chi connectivity index (χ0n) is 16.6. The molecule has 1 fully saturated rings. The van der Waals surface area contributed by atoms with E-state index in [2.05, 4.69) is 10.6 Å². The van der Waals surface area contributed by atoms with E-state index < -0.39 is 0 Å². The lowest BCUT2D eigenvalue weighted by molar-refractivity contribution is -0.115. The van der Waals surface area contributed by atoms with Crippen LogP contribution in [0.25, 0.3) is 6.08 Å². The molecule has 1 heterocycles. The topological polar surface area (TPSA) is 79.9 Å². The molecule has 0 aromatic heterocycles. The summed E-state index contributed by atoms with van der Waals surface area (Å²) < 4.78 is 10.4. The molecule has 156 valence electrons. The molecule has 1 aliphatic heterocycles. The van der Waals surface area contributed by atoms with Crippen LogP contribution >= 0.6 is 12.2 Å². The monoisotopic (exact) mass is 425 g/mol. The van der Waals surface area contributed by atoms with Crippen LogP contribution in [0, 0.1) is 0 Å². The third-order valence-electron chi connectivity index (χ3n) is 4.47. The van der Waals surface area contributed by atoms with Gasteiger partial charge in [0.25, 0.3) is 5.91 Å². The van der Waals surface area contributed by atoms with E-state index in [1.165, 1.54) is 6.08 Å². The number of morpholine rings is 1. The summed E-state index contributed by atoms with van der Waals surface area (Å²) in [6, 6.07) is 14.3. The molecule has 2 N–H and O–H groups in total. The first-order valence-corrected chi connectivity index (χ1v) is 9.87. The van der Waals surface area contributed by atoms with E-state index in [9.17, 15) is 9.59 Å². The van der Waals surface area contributed by atoms with Crippen LogP contribution in [0.1, 0.15) is 15.9 Å². The van der Waals surface area contributed by atoms with Gasteiger partial charge in [-0.1, -0.05) is 12.1 Å². The molecule has 0 unspecified atom stereocenters. The number of anilines is 1. The molecule has 2 aromatic carbocycles. The predicted molar refractivity (Wildman–Crippen MR) is 120 cm³/mol. The highest BCUT2D eigenvalue weighted by Crippen LogP contribution is 2.13. The van der Waals surface area contributed by atoms with Gasteiger partial charge < -0.3 is 19.7 Å². The summed E-state index contributed by atoms with van der Waals surface area (Å²) in [5.41, 5.74) is 2.14. The lowest BCUT2D eigenvalue weighted by atomic mass is 10.1. The van der Waals surface area contributed by atoms with E-state index in [-0.39, 0.29) is 16.9 Å². The smallest absolute Gasteiger partial charge is 0.254 e. The number of thiocarbonyl (C=S) groups is 1. The van der Waals surface area contributed by atoms with Gasteiger partial charge in [0, 0.05) is 30.4 Å². The Bertz CT molecular complexity index is 920. The molecule has 0 aliphatic carbocycles. The summed E-state index contributed by atoms with van der Waals surface area (Å²) in [5, 5.41) is 5.70. The summed E-state index contributed by atoms with van der Waals surface area (Å²) in [4.78, 5) is 26.3. The molecule has 1 aliphatic rings. The summed E-state index contributed by atoms with van der Waals surface area (Å²) in [6.45, 7) is 2.32. The highest BCUT2D eigenvalue weighted by Gasteiger charge is 2.18. The minimum absolute atomic E-state index is 0.0237. The first-order valence-electron chi connectivity index (χ1n) is 9.46. The maximum absolute atomic E-state index is 12.5. The van der Waals surface area contributed by atoms with Crippen LogP contribution in [0.3, 0.4) is 0 Å². The zero-order valence-corrected chi connectivity index (χ0v) is 17.4. The molecule has 0 radical (unpaired) electrons. The number of nitrogens with zero attached hydrogens (tertiary/aromatic N) is 1. The van der Waals surface area contributed by atoms with Crippen molar-refractivity contribution in [2.75, 3.05) is 38.7 Å². The molecule has 30 heavy (non-hydrogen) atoms. The minimum atomic E-state index is -0.345. The van der Waals surface area contributed by atoms with E-state index in [0.29, 0.717) is 37.6 Å². The first-order chi connectivity index (χ1) is 14.5. The lowest BCUT2D eigenvalue weighted by Crippen LogP contribution is -2.40. The van der Waals surface area contributed by atoms with Crippen LogP contribution in [-0.2, 0) is 9.53 Å². The first kappa shape index (κ1) is 21.5. The Morgan fingerprint density at radius 3 is 2.37 bits per heavy atom. The number of carbonyl (C=O) groups excluding carboxylic acids is 2. The third kappa shape index (κ3) is 6.13. The van der Waals surface area contributed by atoms with Gasteiger partial charge in [0.2, 0.25) is 5.91 Å². The highest BCUT2D eigenvalue weighted by molar-refractivity contribution is 7.80. The molecule has 7 nitrogen and oxygen atoms in total. The molecule has 1 saturated heterocycles. The van der Waals surface area contributed by atoms with Crippen molar-refractivity contribution in [2.45, 2.75) is 0 Å². The van der Waals surface area contributed by atoms with Gasteiger partial charge in [0.05, 0.1) is 20.3 Å². The maximum Gasteiger partial charge on any atom is 0.254 e. The van der Waals surface area contributed by atoms with Crippen LogP contribution < -0.4 is 15.4 Å². The Hall–Kier alpha value is -3.23. The van der Waals surface area contributed by atoms with E-state index in [1.807, 2.05) is 24.3 Å². The van der Waals surface area contributed by atoms with Gasteiger partial charge >= 0.3 is 0 Å². The van der Waals surface area contributed by atoms with E-state index >= 15 is 0 Å². The maximum atomic E-state index is 12.5. The van der Waals surface area contributed by atoms with E-state index in [1.54, 1.807) is 42.4 Å². The van der Waals surface area contributed by atoms with Crippen LogP contribution in [-0.4, -0.2) is 55.2 Å². The minimum Gasteiger partial charge on any atom is -0.497 e. The van der Waals surface area contributed by atoms with Gasteiger partial charge in [-0.25, -0.2) is 0 Å². The standard InChI is InChI=1S/C22H23N3O4S/c1-28-19-9-2-16(3-10-19)4-11-20(26)24-22(30)23-18-7-5-17(6-8-18)21(27)25-12-14-29-15-13-25/h2-11H,12-15H2,1H3,(H2,23,24,26,30)/b11-4+. The molecular weight excluding hydrogens is 402 g/mol. The molecule has 0 saturated carbocycles. The van der Waals surface area contributed by atoms with Crippen molar-refractivity contribution in [3.05, 3.63) is 65.7 Å². The van der Waals surface area contributed by atoms with Crippen molar-refractivity contribution in [1.82, 2.24) is 10.2 Å². The van der Waals surface area contributed by atoms with Gasteiger partial charge in [-0.15, -0.1) is 0 Å². The van der Waals surface area contributed by atoms with Crippen molar-refractivity contribution in [1.29, 1.82) is 0 Å². The molecule has 0 bridgehead atoms. The Morgan fingerprint density at radius 2 is 1.73 bits per heavy atom. The summed E-state index contributed by atoms with van der Waals surface area (Å²) in [5.74, 6) is 0.381. The van der Waals surface area contributed by atoms with Crippen molar-refractivity contribution >= 4 is 40.9 Å². The van der Waals surface area contributed by atoms with Gasteiger partial charge in [-0.2, -0.15) is 0 Å². The van der Waals surface area contributed by atoms with Crippen LogP contribution in [0.15, 0.2) is 54.6 Å². The fraction of sp³-hybridized carbons (Fsp3) is 0.227. The van der Waals surface area contributed by atoms with Gasteiger partial charge in [0.1, 0.15) is 5.75 Å². The average molecular weight is 426 g/mol. The number of methoxy groups -OCH3 is 1. The number of ether oxygens (including phenoxy) is 2. The van der Waals surface area contributed by atoms with Crippen molar-refractivity contribution in [2.24, 2.45) is 0 Å². The second kappa shape index (κ2) is 10.5. The molecule has 0 spiro atoms. The van der Waals surface area contributed by atoms with Gasteiger partial charge in [-0.05, 0) is 60.3 Å². The molecule has 0 atom stereocenters. The van der Waals surface area contributed by atoms with Gasteiger partial charge in [-0.3, -0.25) is 14.9 Å². The molecule has 2 amide bonds. The summed E-state index contributed by atoms with van der Waals surface area (Å²) >= 11 is 5.18. The van der Waals surface area contributed by atoms with Crippen LogP contribution in [0.4, 0.5) is 5.69 Å². The quantitative estimate of drug-likeness (QED) is 0.566. The predicted octanol–water partition coefficient (Wildman–Crippen LogP) is 2.69. The fourth-order valence-electron chi connectivity index (χ4n) is 2.85. The normalized spacial score (nSPS) is 13.7. The van der Waals surface area contributed by atoms with Crippen LogP contribution in [0.2, 0.25) is 0 Å². The Kier molecular flexibility index (Phi) is 7.53. The number of rotatable bonds is 5. The lowest BCUT2D eigenvalue weighted by Gasteiger charge is -2.26. The number of amides is 2. The molecule has 3 rings (SSSR count). The number of benzene rings is 2. The largest absolute Gasteiger partial charge is 0.497 e. The number of nitrogens with one attached hydrogen (secondary N) is 2. The van der Waals surface area contributed by atoms with Crippen molar-refractivity contribution < 1.29 is 19.1 Å². The van der Waals surface area contributed by atoms with E-state index in [4.69, 9.17) is 21.7 Å². The average Bonchev–Trinajstić information content (AvgIpc) is 2.78. The fourth-order valence-corrected chi connectivity index (χ4v) is 3.07. The number of hydrogen-bond acceptors (Lipinski definition) is 5. The van der Waals surface area contributed by atoms with Crippen molar-refractivity contribution in [3.63, 3.8) is 0 Å². The van der Waals surface area contributed by atoms with Crippen molar-refractivity contribution in [3.8, 4) is 5.75 Å². The number of carbonyl (C=O) groups is 2. The summed E-state index contributed by atoms with van der Waals surface area (Å²) in [6.07, 6.45) is 3.09. The Morgan fingerprint density at radius 1 is 1.07 bits per heavy atom. The molecular formula is C22H23N3O4S.